The van der Waals surface area contributed by atoms with Crippen LogP contribution >= 0.6 is 11.6 Å². The number of fused-ring (bicyclic) bond motifs is 2. The molecule has 0 unspecified atom stereocenters. The standard InChI is InChI=1S/C18H14ClN7O/c1-9-14-12(10-3-2-4-11(19)5-10)6-13(27)24-17(14)26(25-9)18-15-16(21-7-20-15)22-8-23-18/h2-5,7-8,12H,6H2,1H3,(H,24,27)(H,20,21,22,23)/t12-/m1/s1. The van der Waals surface area contributed by atoms with Gasteiger partial charge in [-0.15, -0.1) is 0 Å². The van der Waals surface area contributed by atoms with Crippen LogP contribution in [-0.4, -0.2) is 35.6 Å². The first-order valence-electron chi connectivity index (χ1n) is 8.41. The average Bonchev–Trinajstić information content (AvgIpc) is 3.25. The van der Waals surface area contributed by atoms with Crippen molar-refractivity contribution in [2.24, 2.45) is 0 Å². The van der Waals surface area contributed by atoms with Crippen LogP contribution in [0, 0.1) is 6.92 Å². The van der Waals surface area contributed by atoms with E-state index in [0.717, 1.165) is 16.8 Å². The Morgan fingerprint density at radius 3 is 3.00 bits per heavy atom. The van der Waals surface area contributed by atoms with Gasteiger partial charge in [0.15, 0.2) is 11.5 Å². The van der Waals surface area contributed by atoms with E-state index >= 15 is 0 Å². The number of anilines is 1. The second-order valence-corrected chi connectivity index (χ2v) is 6.85. The number of carbonyl (C=O) groups excluding carboxylic acids is 1. The molecule has 0 aliphatic carbocycles. The first kappa shape index (κ1) is 16.0. The van der Waals surface area contributed by atoms with Crippen LogP contribution in [-0.2, 0) is 4.79 Å². The van der Waals surface area contributed by atoms with Crippen molar-refractivity contribution in [1.29, 1.82) is 0 Å². The van der Waals surface area contributed by atoms with Crippen molar-refractivity contribution in [1.82, 2.24) is 29.7 Å². The van der Waals surface area contributed by atoms with Gasteiger partial charge in [0.25, 0.3) is 0 Å². The molecule has 1 aromatic carbocycles. The molecular formula is C18H14ClN7O. The Labute approximate surface area is 158 Å². The summed E-state index contributed by atoms with van der Waals surface area (Å²) >= 11 is 6.17. The van der Waals surface area contributed by atoms with Gasteiger partial charge >= 0.3 is 0 Å². The molecule has 8 nitrogen and oxygen atoms in total. The number of H-pyrrole nitrogens is 1. The third-order valence-corrected chi connectivity index (χ3v) is 4.99. The second-order valence-electron chi connectivity index (χ2n) is 6.42. The molecule has 0 saturated carbocycles. The molecule has 5 rings (SSSR count). The highest BCUT2D eigenvalue weighted by molar-refractivity contribution is 6.30. The molecule has 3 aromatic heterocycles. The lowest BCUT2D eigenvalue weighted by Crippen LogP contribution is -2.25. The number of hydrogen-bond donors (Lipinski definition) is 2. The summed E-state index contributed by atoms with van der Waals surface area (Å²) in [6.07, 6.45) is 3.32. The Balaban J connectivity index is 1.73. The van der Waals surface area contributed by atoms with Crippen molar-refractivity contribution in [3.05, 3.63) is 58.8 Å². The van der Waals surface area contributed by atoms with E-state index in [-0.39, 0.29) is 11.8 Å². The van der Waals surface area contributed by atoms with Gasteiger partial charge in [-0.2, -0.15) is 9.78 Å². The molecule has 0 spiro atoms. The zero-order valence-corrected chi connectivity index (χ0v) is 15.0. The summed E-state index contributed by atoms with van der Waals surface area (Å²) in [5.41, 5.74) is 3.96. The molecule has 1 aliphatic rings. The highest BCUT2D eigenvalue weighted by Gasteiger charge is 2.33. The van der Waals surface area contributed by atoms with Crippen LogP contribution in [0.4, 0.5) is 5.82 Å². The van der Waals surface area contributed by atoms with Crippen molar-refractivity contribution in [3.8, 4) is 5.82 Å². The fraction of sp³-hybridized carbons (Fsp3) is 0.167. The first-order valence-corrected chi connectivity index (χ1v) is 8.79. The van der Waals surface area contributed by atoms with Crippen LogP contribution in [0.2, 0.25) is 5.02 Å². The predicted molar refractivity (Wildman–Crippen MR) is 100 cm³/mol. The van der Waals surface area contributed by atoms with Crippen LogP contribution in [0.25, 0.3) is 17.0 Å². The van der Waals surface area contributed by atoms with Crippen LogP contribution in [0.3, 0.4) is 0 Å². The maximum absolute atomic E-state index is 12.5. The summed E-state index contributed by atoms with van der Waals surface area (Å²) in [5, 5.41) is 8.25. The molecule has 4 heterocycles. The Bertz CT molecular complexity index is 1200. The number of hydrogen-bond acceptors (Lipinski definition) is 5. The summed E-state index contributed by atoms with van der Waals surface area (Å²) in [4.78, 5) is 28.2. The fourth-order valence-electron chi connectivity index (χ4n) is 3.62. The lowest BCUT2D eigenvalue weighted by molar-refractivity contribution is -0.116. The van der Waals surface area contributed by atoms with Gasteiger partial charge in [0.05, 0.1) is 12.0 Å². The number of rotatable bonds is 2. The van der Waals surface area contributed by atoms with Crippen molar-refractivity contribution >= 4 is 34.5 Å². The molecular weight excluding hydrogens is 366 g/mol. The molecule has 1 amide bonds. The van der Waals surface area contributed by atoms with Gasteiger partial charge < -0.3 is 10.3 Å². The van der Waals surface area contributed by atoms with Crippen molar-refractivity contribution < 1.29 is 4.79 Å². The minimum absolute atomic E-state index is 0.0801. The third kappa shape index (κ3) is 2.48. The summed E-state index contributed by atoms with van der Waals surface area (Å²) in [7, 11) is 0. The van der Waals surface area contributed by atoms with E-state index in [4.69, 9.17) is 11.6 Å². The summed E-state index contributed by atoms with van der Waals surface area (Å²) in [6, 6.07) is 7.58. The minimum atomic E-state index is -0.125. The molecule has 0 radical (unpaired) electrons. The number of halogens is 1. The molecule has 9 heteroatoms. The van der Waals surface area contributed by atoms with E-state index in [9.17, 15) is 4.79 Å². The van der Waals surface area contributed by atoms with Crippen molar-refractivity contribution in [2.45, 2.75) is 19.3 Å². The van der Waals surface area contributed by atoms with Crippen molar-refractivity contribution in [2.75, 3.05) is 5.32 Å². The number of nitrogens with zero attached hydrogens (tertiary/aromatic N) is 5. The van der Waals surface area contributed by atoms with Crippen LogP contribution < -0.4 is 5.32 Å². The summed E-state index contributed by atoms with van der Waals surface area (Å²) in [5.74, 6) is 0.945. The smallest absolute Gasteiger partial charge is 0.226 e. The molecule has 0 fully saturated rings. The van der Waals surface area contributed by atoms with Gasteiger partial charge in [-0.25, -0.2) is 15.0 Å². The van der Waals surface area contributed by atoms with Gasteiger partial charge in [-0.1, -0.05) is 23.7 Å². The molecule has 134 valence electrons. The van der Waals surface area contributed by atoms with E-state index in [1.807, 2.05) is 31.2 Å². The van der Waals surface area contributed by atoms with E-state index in [2.05, 4.69) is 30.4 Å². The third-order valence-electron chi connectivity index (χ3n) is 4.76. The second kappa shape index (κ2) is 5.88. The normalized spacial score (nSPS) is 16.4. The van der Waals surface area contributed by atoms with Gasteiger partial charge in [-0.3, -0.25) is 4.79 Å². The number of imidazole rings is 1. The minimum Gasteiger partial charge on any atom is -0.340 e. The maximum atomic E-state index is 12.5. The maximum Gasteiger partial charge on any atom is 0.226 e. The molecule has 0 bridgehead atoms. The predicted octanol–water partition coefficient (Wildman–Crippen LogP) is 2.97. The quantitative estimate of drug-likeness (QED) is 0.557. The summed E-state index contributed by atoms with van der Waals surface area (Å²) < 4.78 is 1.64. The largest absolute Gasteiger partial charge is 0.340 e. The number of aryl methyl sites for hydroxylation is 1. The Morgan fingerprint density at radius 1 is 1.26 bits per heavy atom. The molecule has 0 saturated heterocycles. The molecule has 27 heavy (non-hydrogen) atoms. The number of benzene rings is 1. The SMILES string of the molecule is Cc1nn(-c2ncnc3nc[nH]c23)c2c1[C@@H](c1cccc(Cl)c1)CC(=O)N2. The van der Waals surface area contributed by atoms with E-state index in [0.29, 0.717) is 34.2 Å². The van der Waals surface area contributed by atoms with Crippen LogP contribution in [0.15, 0.2) is 36.9 Å². The molecule has 2 N–H and O–H groups in total. The topological polar surface area (TPSA) is 101 Å². The van der Waals surface area contributed by atoms with Crippen molar-refractivity contribution in [3.63, 3.8) is 0 Å². The molecule has 4 aromatic rings. The average molecular weight is 380 g/mol. The van der Waals surface area contributed by atoms with E-state index in [1.54, 1.807) is 11.0 Å². The number of nitrogens with one attached hydrogen (secondary N) is 2. The number of amides is 1. The number of aromatic nitrogens is 6. The van der Waals surface area contributed by atoms with Gasteiger partial charge in [-0.05, 0) is 24.6 Å². The Hall–Kier alpha value is -3.26. The van der Waals surface area contributed by atoms with Gasteiger partial charge in [0.1, 0.15) is 17.7 Å². The molecule has 1 aliphatic heterocycles. The van der Waals surface area contributed by atoms with Crippen LogP contribution in [0.5, 0.6) is 0 Å². The lowest BCUT2D eigenvalue weighted by Gasteiger charge is -2.24. The number of carbonyl (C=O) groups is 1. The van der Waals surface area contributed by atoms with Gasteiger partial charge in [0.2, 0.25) is 5.91 Å². The highest BCUT2D eigenvalue weighted by Crippen LogP contribution is 2.40. The van der Waals surface area contributed by atoms with E-state index in [1.165, 1.54) is 6.33 Å². The first-order chi connectivity index (χ1) is 13.1. The zero-order chi connectivity index (χ0) is 18.5. The Morgan fingerprint density at radius 2 is 2.15 bits per heavy atom. The fourth-order valence-corrected chi connectivity index (χ4v) is 3.82. The number of aromatic amines is 1. The summed E-state index contributed by atoms with van der Waals surface area (Å²) in [6.45, 7) is 1.93. The molecule has 1 atom stereocenters. The van der Waals surface area contributed by atoms with Crippen LogP contribution in [0.1, 0.15) is 29.2 Å². The highest BCUT2D eigenvalue weighted by atomic mass is 35.5. The lowest BCUT2D eigenvalue weighted by atomic mass is 9.86. The zero-order valence-electron chi connectivity index (χ0n) is 14.3. The monoisotopic (exact) mass is 379 g/mol. The van der Waals surface area contributed by atoms with Gasteiger partial charge in [0, 0.05) is 22.9 Å². The van der Waals surface area contributed by atoms with E-state index < -0.39 is 0 Å². The Kier molecular flexibility index (Phi) is 3.48.